The molecule has 1 fully saturated rings. The van der Waals surface area contributed by atoms with E-state index < -0.39 is 11.8 Å². The summed E-state index contributed by atoms with van der Waals surface area (Å²) >= 11 is 0. The second-order valence-corrected chi connectivity index (χ2v) is 7.69. The SMILES string of the molecule is COc1cc(C=NNC(=O)C(=O)Nc2cccc(C)c2C)ccc1OCC(=O)N1CCCC1. The molecule has 0 unspecified atom stereocenters. The van der Waals surface area contributed by atoms with Gasteiger partial charge in [-0.1, -0.05) is 12.1 Å². The lowest BCUT2D eigenvalue weighted by Crippen LogP contribution is -2.32. The fraction of sp³-hybridized carbons (Fsp3) is 0.333. The van der Waals surface area contributed by atoms with Crippen LogP contribution in [0.2, 0.25) is 0 Å². The first-order valence-electron chi connectivity index (χ1n) is 10.7. The molecule has 174 valence electrons. The molecule has 2 aromatic carbocycles. The fourth-order valence-corrected chi connectivity index (χ4v) is 3.36. The van der Waals surface area contributed by atoms with Gasteiger partial charge in [-0.05, 0) is 67.6 Å². The van der Waals surface area contributed by atoms with Crippen molar-refractivity contribution in [1.82, 2.24) is 10.3 Å². The van der Waals surface area contributed by atoms with Crippen molar-refractivity contribution in [1.29, 1.82) is 0 Å². The molecule has 0 aromatic heterocycles. The van der Waals surface area contributed by atoms with Crippen LogP contribution >= 0.6 is 0 Å². The highest BCUT2D eigenvalue weighted by Gasteiger charge is 2.19. The van der Waals surface area contributed by atoms with E-state index in [1.165, 1.54) is 13.3 Å². The van der Waals surface area contributed by atoms with Gasteiger partial charge in [-0.25, -0.2) is 5.43 Å². The summed E-state index contributed by atoms with van der Waals surface area (Å²) < 4.78 is 11.0. The fourth-order valence-electron chi connectivity index (χ4n) is 3.36. The molecule has 9 nitrogen and oxygen atoms in total. The number of aryl methyl sites for hydroxylation is 1. The summed E-state index contributed by atoms with van der Waals surface area (Å²) in [5.41, 5.74) is 5.28. The van der Waals surface area contributed by atoms with Gasteiger partial charge in [0.1, 0.15) is 0 Å². The van der Waals surface area contributed by atoms with E-state index in [-0.39, 0.29) is 12.5 Å². The minimum absolute atomic E-state index is 0.0537. The quantitative estimate of drug-likeness (QED) is 0.381. The minimum Gasteiger partial charge on any atom is -0.493 e. The number of carbonyl (C=O) groups excluding carboxylic acids is 3. The predicted molar refractivity (Wildman–Crippen MR) is 125 cm³/mol. The number of benzene rings is 2. The van der Waals surface area contributed by atoms with Gasteiger partial charge in [0.25, 0.3) is 5.91 Å². The molecule has 3 rings (SSSR count). The molecule has 0 atom stereocenters. The van der Waals surface area contributed by atoms with Gasteiger partial charge in [0, 0.05) is 18.8 Å². The Balaban J connectivity index is 1.54. The molecule has 1 aliphatic rings. The van der Waals surface area contributed by atoms with Crippen LogP contribution in [0.1, 0.15) is 29.5 Å². The number of amides is 3. The third kappa shape index (κ3) is 6.31. The largest absolute Gasteiger partial charge is 0.493 e. The third-order valence-corrected chi connectivity index (χ3v) is 5.44. The Morgan fingerprint density at radius 3 is 2.55 bits per heavy atom. The van der Waals surface area contributed by atoms with E-state index in [4.69, 9.17) is 9.47 Å². The molecule has 9 heteroatoms. The lowest BCUT2D eigenvalue weighted by molar-refractivity contribution is -0.136. The smallest absolute Gasteiger partial charge is 0.329 e. The second kappa shape index (κ2) is 11.1. The molecule has 1 heterocycles. The van der Waals surface area contributed by atoms with Gasteiger partial charge < -0.3 is 19.7 Å². The summed E-state index contributed by atoms with van der Waals surface area (Å²) in [6, 6.07) is 10.5. The van der Waals surface area contributed by atoms with Gasteiger partial charge in [0.05, 0.1) is 13.3 Å². The number of methoxy groups -OCH3 is 1. The Bertz CT molecular complexity index is 1060. The van der Waals surface area contributed by atoms with Gasteiger partial charge in [-0.3, -0.25) is 14.4 Å². The first kappa shape index (κ1) is 23.8. The number of nitrogens with zero attached hydrogens (tertiary/aromatic N) is 2. The van der Waals surface area contributed by atoms with Crippen LogP contribution in [0.3, 0.4) is 0 Å². The van der Waals surface area contributed by atoms with Gasteiger partial charge in [-0.15, -0.1) is 0 Å². The normalized spacial score (nSPS) is 13.1. The number of carbonyl (C=O) groups is 3. The molecule has 0 saturated carbocycles. The molecule has 0 spiro atoms. The Morgan fingerprint density at radius 2 is 1.82 bits per heavy atom. The van der Waals surface area contributed by atoms with E-state index in [1.807, 2.05) is 19.9 Å². The van der Waals surface area contributed by atoms with Gasteiger partial charge >= 0.3 is 11.8 Å². The van der Waals surface area contributed by atoms with Crippen LogP contribution in [0.5, 0.6) is 11.5 Å². The first-order valence-corrected chi connectivity index (χ1v) is 10.7. The molecule has 33 heavy (non-hydrogen) atoms. The van der Waals surface area contributed by atoms with Crippen molar-refractivity contribution in [2.24, 2.45) is 5.10 Å². The van der Waals surface area contributed by atoms with E-state index in [0.717, 1.165) is 37.1 Å². The van der Waals surface area contributed by atoms with Crippen molar-refractivity contribution in [2.75, 3.05) is 32.1 Å². The van der Waals surface area contributed by atoms with E-state index in [0.29, 0.717) is 22.7 Å². The van der Waals surface area contributed by atoms with Crippen LogP contribution in [0.4, 0.5) is 5.69 Å². The Morgan fingerprint density at radius 1 is 1.06 bits per heavy atom. The van der Waals surface area contributed by atoms with E-state index in [9.17, 15) is 14.4 Å². The Kier molecular flexibility index (Phi) is 8.01. The van der Waals surface area contributed by atoms with Crippen LogP contribution in [-0.4, -0.2) is 55.6 Å². The topological polar surface area (TPSA) is 109 Å². The highest BCUT2D eigenvalue weighted by molar-refractivity contribution is 6.39. The molecule has 0 radical (unpaired) electrons. The minimum atomic E-state index is -0.889. The van der Waals surface area contributed by atoms with Crippen molar-refractivity contribution < 1.29 is 23.9 Å². The number of hydrazone groups is 1. The molecule has 2 N–H and O–H groups in total. The molecular formula is C24H28N4O5. The summed E-state index contributed by atoms with van der Waals surface area (Å²) in [4.78, 5) is 38.1. The van der Waals surface area contributed by atoms with Gasteiger partial charge in [0.15, 0.2) is 18.1 Å². The summed E-state index contributed by atoms with van der Waals surface area (Å²) in [7, 11) is 1.49. The number of anilines is 1. The maximum atomic E-state index is 12.2. The maximum absolute atomic E-state index is 12.2. The van der Waals surface area contributed by atoms with Crippen molar-refractivity contribution in [3.05, 3.63) is 53.1 Å². The van der Waals surface area contributed by atoms with E-state index in [1.54, 1.807) is 35.2 Å². The van der Waals surface area contributed by atoms with Crippen molar-refractivity contribution in [3.63, 3.8) is 0 Å². The van der Waals surface area contributed by atoms with E-state index >= 15 is 0 Å². The zero-order chi connectivity index (χ0) is 23.8. The second-order valence-electron chi connectivity index (χ2n) is 7.69. The number of nitrogens with one attached hydrogen (secondary N) is 2. The maximum Gasteiger partial charge on any atom is 0.329 e. The van der Waals surface area contributed by atoms with Crippen LogP contribution in [0.15, 0.2) is 41.5 Å². The zero-order valence-electron chi connectivity index (χ0n) is 19.0. The van der Waals surface area contributed by atoms with Crippen molar-refractivity contribution in [3.8, 4) is 11.5 Å². The molecule has 1 saturated heterocycles. The van der Waals surface area contributed by atoms with Crippen molar-refractivity contribution in [2.45, 2.75) is 26.7 Å². The number of ether oxygens (including phenoxy) is 2. The molecule has 3 amide bonds. The molecule has 1 aliphatic heterocycles. The molecule has 0 aliphatic carbocycles. The first-order chi connectivity index (χ1) is 15.9. The van der Waals surface area contributed by atoms with Crippen LogP contribution < -0.4 is 20.2 Å². The molecule has 0 bridgehead atoms. The number of likely N-dealkylation sites (tertiary alicyclic amines) is 1. The summed E-state index contributed by atoms with van der Waals surface area (Å²) in [6.07, 6.45) is 3.42. The summed E-state index contributed by atoms with van der Waals surface area (Å²) in [6.45, 7) is 5.26. The monoisotopic (exact) mass is 452 g/mol. The average Bonchev–Trinajstić information content (AvgIpc) is 3.36. The molecular weight excluding hydrogens is 424 g/mol. The lowest BCUT2D eigenvalue weighted by atomic mass is 10.1. The van der Waals surface area contributed by atoms with Gasteiger partial charge in [-0.2, -0.15) is 5.10 Å². The van der Waals surface area contributed by atoms with E-state index in [2.05, 4.69) is 15.8 Å². The van der Waals surface area contributed by atoms with Crippen molar-refractivity contribution >= 4 is 29.6 Å². The summed E-state index contributed by atoms with van der Waals surface area (Å²) in [5.74, 6) is -0.905. The molecule has 2 aromatic rings. The van der Waals surface area contributed by atoms with Crippen LogP contribution in [-0.2, 0) is 14.4 Å². The zero-order valence-corrected chi connectivity index (χ0v) is 19.0. The number of rotatable bonds is 7. The Labute approximate surface area is 192 Å². The number of hydrogen-bond donors (Lipinski definition) is 2. The highest BCUT2D eigenvalue weighted by atomic mass is 16.5. The average molecular weight is 453 g/mol. The van der Waals surface area contributed by atoms with Crippen LogP contribution in [0, 0.1) is 13.8 Å². The standard InChI is InChI=1S/C24H28N4O5/c1-16-7-6-8-19(17(16)2)26-23(30)24(31)27-25-14-18-9-10-20(21(13-18)32-3)33-15-22(29)28-11-4-5-12-28/h6-10,13-14H,4-5,11-12,15H2,1-3H3,(H,26,30)(H,27,31). The number of hydrogen-bond acceptors (Lipinski definition) is 6. The van der Waals surface area contributed by atoms with Gasteiger partial charge in [0.2, 0.25) is 0 Å². The predicted octanol–water partition coefficient (Wildman–Crippen LogP) is 2.40. The lowest BCUT2D eigenvalue weighted by Gasteiger charge is -2.16. The Hall–Kier alpha value is -3.88. The highest BCUT2D eigenvalue weighted by Crippen LogP contribution is 2.27. The third-order valence-electron chi connectivity index (χ3n) is 5.44. The summed E-state index contributed by atoms with van der Waals surface area (Å²) in [5, 5.41) is 6.41. The van der Waals surface area contributed by atoms with Crippen LogP contribution in [0.25, 0.3) is 0 Å².